The minimum Gasteiger partial charge on any atom is -0.399 e. The summed E-state index contributed by atoms with van der Waals surface area (Å²) < 4.78 is 0. The molecule has 1 saturated carbocycles. The number of carbonyl (C=O) groups is 4. The van der Waals surface area contributed by atoms with Gasteiger partial charge in [-0.25, -0.2) is 9.80 Å². The molecule has 2 aromatic rings. The number of imide groups is 2. The predicted molar refractivity (Wildman–Crippen MR) is 110 cm³/mol. The Balaban J connectivity index is 1.58. The van der Waals surface area contributed by atoms with Crippen LogP contribution in [0.2, 0.25) is 0 Å². The molecule has 5 rings (SSSR count). The summed E-state index contributed by atoms with van der Waals surface area (Å²) in [6.07, 6.45) is 0. The summed E-state index contributed by atoms with van der Waals surface area (Å²) in [4.78, 5) is 55.6. The van der Waals surface area contributed by atoms with E-state index >= 15 is 0 Å². The summed E-state index contributed by atoms with van der Waals surface area (Å²) >= 11 is 0. The van der Waals surface area contributed by atoms with Gasteiger partial charge in [0.15, 0.2) is 0 Å². The second-order valence-corrected chi connectivity index (χ2v) is 8.50. The number of anilines is 4. The first-order chi connectivity index (χ1) is 14.1. The Kier molecular flexibility index (Phi) is 3.35. The molecule has 2 aromatic carbocycles. The molecule has 0 radical (unpaired) electrons. The van der Waals surface area contributed by atoms with Crippen LogP contribution < -0.4 is 21.3 Å². The van der Waals surface area contributed by atoms with Gasteiger partial charge in [0.05, 0.1) is 34.0 Å². The molecule has 4 atom stereocenters. The first-order valence-electron chi connectivity index (χ1n) is 9.62. The SMILES string of the molecule is CC12C(=O)N(c3ccc(N)cc3)C(=O)C1(C)C1C(=O)N(c3ccc(N)cc3)C(=O)C12. The number of benzene rings is 2. The highest BCUT2D eigenvalue weighted by atomic mass is 16.2. The van der Waals surface area contributed by atoms with E-state index in [1.54, 1.807) is 62.4 Å². The maximum Gasteiger partial charge on any atom is 0.241 e. The van der Waals surface area contributed by atoms with E-state index < -0.39 is 46.3 Å². The molecule has 2 aliphatic heterocycles. The van der Waals surface area contributed by atoms with Gasteiger partial charge in [0.2, 0.25) is 23.6 Å². The topological polar surface area (TPSA) is 127 Å². The van der Waals surface area contributed by atoms with Crippen molar-refractivity contribution < 1.29 is 19.2 Å². The molecule has 4 amide bonds. The predicted octanol–water partition coefficient (Wildman–Crippen LogP) is 1.56. The summed E-state index contributed by atoms with van der Waals surface area (Å²) in [5.74, 6) is -3.64. The third-order valence-electron chi connectivity index (χ3n) is 7.23. The molecule has 3 aliphatic rings. The smallest absolute Gasteiger partial charge is 0.241 e. The van der Waals surface area contributed by atoms with Gasteiger partial charge in [-0.05, 0) is 62.4 Å². The second kappa shape index (κ2) is 5.47. The van der Waals surface area contributed by atoms with E-state index in [-0.39, 0.29) is 0 Å². The Morgan fingerprint density at radius 3 is 1.33 bits per heavy atom. The Hall–Kier alpha value is -3.68. The van der Waals surface area contributed by atoms with Gasteiger partial charge in [-0.15, -0.1) is 0 Å². The molecule has 3 fully saturated rings. The molecule has 8 heteroatoms. The van der Waals surface area contributed by atoms with Crippen molar-refractivity contribution in [1.82, 2.24) is 0 Å². The third-order valence-corrected chi connectivity index (χ3v) is 7.23. The number of nitrogens with two attached hydrogens (primary N) is 2. The standard InChI is InChI=1S/C22H20N4O4/c1-21-15-16(18(28)25(17(15)27)13-7-3-11(23)4-8-13)22(21,2)20(30)26(19(21)29)14-9-5-12(24)6-10-14/h3-10,15-16H,23-24H2,1-2H3. The van der Waals surface area contributed by atoms with Crippen LogP contribution in [0.3, 0.4) is 0 Å². The van der Waals surface area contributed by atoms with Gasteiger partial charge in [-0.1, -0.05) is 0 Å². The highest BCUT2D eigenvalue weighted by Gasteiger charge is 2.86. The Morgan fingerprint density at radius 1 is 0.633 bits per heavy atom. The molecule has 4 N–H and O–H groups in total. The molecular weight excluding hydrogens is 384 g/mol. The number of nitrogen functional groups attached to an aromatic ring is 2. The van der Waals surface area contributed by atoms with Gasteiger partial charge in [0, 0.05) is 11.4 Å². The van der Waals surface area contributed by atoms with Crippen LogP contribution in [0.5, 0.6) is 0 Å². The first kappa shape index (κ1) is 18.4. The molecule has 152 valence electrons. The van der Waals surface area contributed by atoms with Crippen LogP contribution >= 0.6 is 0 Å². The third kappa shape index (κ3) is 1.82. The maximum absolute atomic E-state index is 13.4. The summed E-state index contributed by atoms with van der Waals surface area (Å²) in [5.41, 5.74) is 10.6. The summed E-state index contributed by atoms with van der Waals surface area (Å²) in [5, 5.41) is 0. The van der Waals surface area contributed by atoms with Crippen molar-refractivity contribution in [2.24, 2.45) is 22.7 Å². The Labute approximate surface area is 172 Å². The molecule has 2 heterocycles. The Bertz CT molecular complexity index is 1100. The van der Waals surface area contributed by atoms with Crippen LogP contribution in [0.4, 0.5) is 22.7 Å². The quantitative estimate of drug-likeness (QED) is 0.578. The number of fused-ring (bicyclic) bond motifs is 4. The van der Waals surface area contributed by atoms with E-state index in [9.17, 15) is 19.2 Å². The minimum atomic E-state index is -1.30. The normalized spacial score (nSPS) is 32.3. The zero-order chi connectivity index (χ0) is 21.6. The van der Waals surface area contributed by atoms with Crippen LogP contribution in [-0.2, 0) is 19.2 Å². The van der Waals surface area contributed by atoms with E-state index in [1.165, 1.54) is 0 Å². The fourth-order valence-corrected chi connectivity index (χ4v) is 5.39. The lowest BCUT2D eigenvalue weighted by atomic mass is 9.41. The highest BCUT2D eigenvalue weighted by Crippen LogP contribution is 2.72. The van der Waals surface area contributed by atoms with E-state index in [1.807, 2.05) is 0 Å². The van der Waals surface area contributed by atoms with Crippen LogP contribution in [0.15, 0.2) is 48.5 Å². The first-order valence-corrected chi connectivity index (χ1v) is 9.62. The molecule has 1 aliphatic carbocycles. The molecular formula is C22H20N4O4. The van der Waals surface area contributed by atoms with Gasteiger partial charge < -0.3 is 11.5 Å². The number of carbonyl (C=O) groups excluding carboxylic acids is 4. The van der Waals surface area contributed by atoms with Crippen molar-refractivity contribution in [2.75, 3.05) is 21.3 Å². The molecule has 30 heavy (non-hydrogen) atoms. The number of amides is 4. The number of hydrogen-bond donors (Lipinski definition) is 2. The van der Waals surface area contributed by atoms with Crippen molar-refractivity contribution in [1.29, 1.82) is 0 Å². The van der Waals surface area contributed by atoms with Crippen molar-refractivity contribution in [3.8, 4) is 0 Å². The monoisotopic (exact) mass is 404 g/mol. The molecule has 0 bridgehead atoms. The van der Waals surface area contributed by atoms with Crippen molar-refractivity contribution >= 4 is 46.4 Å². The van der Waals surface area contributed by atoms with Crippen LogP contribution in [0.25, 0.3) is 0 Å². The van der Waals surface area contributed by atoms with Gasteiger partial charge >= 0.3 is 0 Å². The molecule has 8 nitrogen and oxygen atoms in total. The lowest BCUT2D eigenvalue weighted by Crippen LogP contribution is -2.65. The fraction of sp³-hybridized carbons (Fsp3) is 0.273. The Morgan fingerprint density at radius 2 is 0.967 bits per heavy atom. The van der Waals surface area contributed by atoms with Gasteiger partial charge in [-0.2, -0.15) is 0 Å². The van der Waals surface area contributed by atoms with Crippen molar-refractivity contribution in [3.63, 3.8) is 0 Å². The molecule has 4 unspecified atom stereocenters. The average Bonchev–Trinajstić information content (AvgIpc) is 3.03. The van der Waals surface area contributed by atoms with E-state index in [0.29, 0.717) is 22.7 Å². The van der Waals surface area contributed by atoms with Gasteiger partial charge in [-0.3, -0.25) is 19.2 Å². The van der Waals surface area contributed by atoms with Gasteiger partial charge in [0.25, 0.3) is 0 Å². The fourth-order valence-electron chi connectivity index (χ4n) is 5.39. The lowest BCUT2D eigenvalue weighted by Gasteiger charge is -2.54. The summed E-state index contributed by atoms with van der Waals surface area (Å²) in [6.45, 7) is 3.23. The average molecular weight is 404 g/mol. The van der Waals surface area contributed by atoms with Gasteiger partial charge in [0.1, 0.15) is 0 Å². The minimum absolute atomic E-state index is 0.379. The zero-order valence-electron chi connectivity index (χ0n) is 16.5. The highest BCUT2D eigenvalue weighted by molar-refractivity contribution is 6.34. The van der Waals surface area contributed by atoms with Crippen LogP contribution in [0, 0.1) is 22.7 Å². The van der Waals surface area contributed by atoms with Crippen LogP contribution in [-0.4, -0.2) is 23.6 Å². The van der Waals surface area contributed by atoms with E-state index in [2.05, 4.69) is 0 Å². The summed E-state index contributed by atoms with van der Waals surface area (Å²) in [7, 11) is 0. The number of nitrogens with zero attached hydrogens (tertiary/aromatic N) is 2. The van der Waals surface area contributed by atoms with E-state index in [4.69, 9.17) is 11.5 Å². The van der Waals surface area contributed by atoms with E-state index in [0.717, 1.165) is 9.80 Å². The van der Waals surface area contributed by atoms with Crippen molar-refractivity contribution in [2.45, 2.75) is 13.8 Å². The van der Waals surface area contributed by atoms with Crippen LogP contribution in [0.1, 0.15) is 13.8 Å². The maximum atomic E-state index is 13.4. The summed E-state index contributed by atoms with van der Waals surface area (Å²) in [6, 6.07) is 12.7. The second-order valence-electron chi connectivity index (χ2n) is 8.50. The largest absolute Gasteiger partial charge is 0.399 e. The number of rotatable bonds is 2. The van der Waals surface area contributed by atoms with Crippen molar-refractivity contribution in [3.05, 3.63) is 48.5 Å². The molecule has 2 saturated heterocycles. The number of hydrogen-bond acceptors (Lipinski definition) is 6. The molecule has 0 spiro atoms. The zero-order valence-corrected chi connectivity index (χ0v) is 16.5. The lowest BCUT2D eigenvalue weighted by molar-refractivity contribution is -0.181. The molecule has 0 aromatic heterocycles.